The molecule has 0 aliphatic rings. The number of carbonyl (C=O) groups excluding carboxylic acids is 1. The molecular weight excluding hydrogens is 288 g/mol. The molecule has 0 heterocycles. The van der Waals surface area contributed by atoms with E-state index >= 15 is 0 Å². The molecule has 23 heavy (non-hydrogen) atoms. The first-order valence-corrected chi connectivity index (χ1v) is 7.75. The van der Waals surface area contributed by atoms with Crippen molar-refractivity contribution in [3.05, 3.63) is 83.4 Å². The largest absolute Gasteiger partial charge is 0.465 e. The Balaban J connectivity index is 2.31. The van der Waals surface area contributed by atoms with Crippen LogP contribution >= 0.6 is 0 Å². The number of ether oxygens (including phenoxy) is 1. The Morgan fingerprint density at radius 1 is 1.09 bits per heavy atom. The smallest absolute Gasteiger partial charge is 0.337 e. The third kappa shape index (κ3) is 4.30. The zero-order valence-electron chi connectivity index (χ0n) is 13.5. The number of rotatable bonds is 6. The van der Waals surface area contributed by atoms with Crippen LogP contribution in [0, 0.1) is 0 Å². The minimum Gasteiger partial charge on any atom is -0.465 e. The molecule has 0 fully saturated rings. The lowest BCUT2D eigenvalue weighted by atomic mass is 9.88. The van der Waals surface area contributed by atoms with Crippen LogP contribution in [0.15, 0.2) is 66.7 Å². The van der Waals surface area contributed by atoms with Gasteiger partial charge in [-0.15, -0.1) is 0 Å². The maximum Gasteiger partial charge on any atom is 0.337 e. The summed E-state index contributed by atoms with van der Waals surface area (Å²) >= 11 is 0. The zero-order chi connectivity index (χ0) is 16.7. The molecule has 1 N–H and O–H groups in total. The van der Waals surface area contributed by atoms with Crippen molar-refractivity contribution in [2.75, 3.05) is 7.11 Å². The van der Waals surface area contributed by atoms with Gasteiger partial charge >= 0.3 is 5.97 Å². The van der Waals surface area contributed by atoms with E-state index in [2.05, 4.69) is 6.92 Å². The highest BCUT2D eigenvalue weighted by atomic mass is 16.5. The Bertz CT molecular complexity index is 644. The van der Waals surface area contributed by atoms with Crippen LogP contribution in [0.3, 0.4) is 0 Å². The van der Waals surface area contributed by atoms with Gasteiger partial charge in [0.1, 0.15) is 0 Å². The van der Waals surface area contributed by atoms with Gasteiger partial charge < -0.3 is 9.84 Å². The fourth-order valence-electron chi connectivity index (χ4n) is 2.50. The summed E-state index contributed by atoms with van der Waals surface area (Å²) in [7, 11) is 1.36. The fraction of sp³-hybridized carbons (Fsp3) is 0.250. The van der Waals surface area contributed by atoms with Gasteiger partial charge in [-0.25, -0.2) is 4.79 Å². The topological polar surface area (TPSA) is 46.5 Å². The molecule has 0 unspecified atom stereocenters. The van der Waals surface area contributed by atoms with Crippen molar-refractivity contribution < 1.29 is 14.6 Å². The molecular formula is C20H22O3. The van der Waals surface area contributed by atoms with Crippen molar-refractivity contribution in [2.45, 2.75) is 25.4 Å². The molecule has 2 aromatic rings. The second-order valence-electron chi connectivity index (χ2n) is 5.33. The molecule has 0 saturated heterocycles. The van der Waals surface area contributed by atoms with Crippen LogP contribution in [0.1, 0.15) is 46.9 Å². The fourth-order valence-corrected chi connectivity index (χ4v) is 2.50. The van der Waals surface area contributed by atoms with Gasteiger partial charge in [0.15, 0.2) is 0 Å². The zero-order valence-corrected chi connectivity index (χ0v) is 13.5. The second-order valence-corrected chi connectivity index (χ2v) is 5.33. The number of methoxy groups -OCH3 is 1. The first-order valence-electron chi connectivity index (χ1n) is 7.75. The van der Waals surface area contributed by atoms with Gasteiger partial charge in [0.2, 0.25) is 0 Å². The molecule has 3 nitrogen and oxygen atoms in total. The Labute approximate surface area is 137 Å². The van der Waals surface area contributed by atoms with Crippen molar-refractivity contribution >= 4 is 5.97 Å². The summed E-state index contributed by atoms with van der Waals surface area (Å²) in [5, 5.41) is 10.7. The average Bonchev–Trinajstić information content (AvgIpc) is 2.62. The van der Waals surface area contributed by atoms with E-state index in [1.165, 1.54) is 7.11 Å². The van der Waals surface area contributed by atoms with Gasteiger partial charge in [0, 0.05) is 5.92 Å². The lowest BCUT2D eigenvalue weighted by molar-refractivity contribution is 0.0600. The van der Waals surface area contributed by atoms with Gasteiger partial charge in [-0.05, 0) is 29.7 Å². The Kier molecular flexibility index (Phi) is 6.12. The Morgan fingerprint density at radius 2 is 1.74 bits per heavy atom. The standard InChI is InChI=1S/C20H22O3/c1-3-4-10-18(19(21)16-8-6-5-7-9-16)15-11-13-17(14-12-15)20(22)23-2/h4-14,18-19,21H,3H2,1-2H3/b10-4-/t18-,19-/m0/s1. The predicted molar refractivity (Wildman–Crippen MR) is 91.4 cm³/mol. The predicted octanol–water partition coefficient (Wildman–Crippen LogP) is 4.26. The van der Waals surface area contributed by atoms with E-state index in [4.69, 9.17) is 4.74 Å². The molecule has 0 aromatic heterocycles. The van der Waals surface area contributed by atoms with Crippen LogP contribution in [-0.4, -0.2) is 18.2 Å². The van der Waals surface area contributed by atoms with E-state index in [0.29, 0.717) is 5.56 Å². The monoisotopic (exact) mass is 310 g/mol. The third-order valence-electron chi connectivity index (χ3n) is 3.78. The summed E-state index contributed by atoms with van der Waals surface area (Å²) in [6.07, 6.45) is 4.33. The molecule has 2 rings (SSSR count). The summed E-state index contributed by atoms with van der Waals surface area (Å²) in [6, 6.07) is 16.8. The summed E-state index contributed by atoms with van der Waals surface area (Å²) in [5.41, 5.74) is 2.33. The van der Waals surface area contributed by atoms with Crippen molar-refractivity contribution in [1.82, 2.24) is 0 Å². The molecule has 0 spiro atoms. The number of esters is 1. The van der Waals surface area contributed by atoms with Gasteiger partial charge in [-0.3, -0.25) is 0 Å². The average molecular weight is 310 g/mol. The van der Waals surface area contributed by atoms with Gasteiger partial charge in [0.05, 0.1) is 18.8 Å². The second kappa shape index (κ2) is 8.30. The number of benzene rings is 2. The highest BCUT2D eigenvalue weighted by molar-refractivity contribution is 5.89. The lowest BCUT2D eigenvalue weighted by Gasteiger charge is -2.21. The van der Waals surface area contributed by atoms with Crippen LogP contribution < -0.4 is 0 Å². The normalized spacial score (nSPS) is 13.7. The number of aliphatic hydroxyl groups is 1. The van der Waals surface area contributed by atoms with Crippen LogP contribution in [0.4, 0.5) is 0 Å². The van der Waals surface area contributed by atoms with Crippen molar-refractivity contribution in [2.24, 2.45) is 0 Å². The number of aliphatic hydroxyl groups excluding tert-OH is 1. The molecule has 2 aromatic carbocycles. The summed E-state index contributed by atoms with van der Waals surface area (Å²) in [5.74, 6) is -0.523. The van der Waals surface area contributed by atoms with E-state index in [-0.39, 0.29) is 11.9 Å². The van der Waals surface area contributed by atoms with Crippen molar-refractivity contribution in [3.8, 4) is 0 Å². The van der Waals surface area contributed by atoms with Crippen molar-refractivity contribution in [3.63, 3.8) is 0 Å². The van der Waals surface area contributed by atoms with Gasteiger partial charge in [0.25, 0.3) is 0 Å². The molecule has 0 amide bonds. The number of allylic oxidation sites excluding steroid dienone is 1. The van der Waals surface area contributed by atoms with E-state index in [1.807, 2.05) is 54.6 Å². The van der Waals surface area contributed by atoms with E-state index in [0.717, 1.165) is 17.5 Å². The van der Waals surface area contributed by atoms with Crippen molar-refractivity contribution in [1.29, 1.82) is 0 Å². The third-order valence-corrected chi connectivity index (χ3v) is 3.78. The number of hydrogen-bond acceptors (Lipinski definition) is 3. The minimum absolute atomic E-state index is 0.163. The molecule has 0 aliphatic carbocycles. The van der Waals surface area contributed by atoms with E-state index in [9.17, 15) is 9.90 Å². The summed E-state index contributed by atoms with van der Waals surface area (Å²) in [6.45, 7) is 2.06. The highest BCUT2D eigenvalue weighted by Crippen LogP contribution is 2.32. The molecule has 120 valence electrons. The molecule has 0 saturated carbocycles. The number of hydrogen-bond donors (Lipinski definition) is 1. The van der Waals surface area contributed by atoms with Gasteiger partial charge in [-0.1, -0.05) is 61.5 Å². The molecule has 3 heteroatoms. The SMILES string of the molecule is CC/C=C\[C@@H](c1ccc(C(=O)OC)cc1)[C@@H](O)c1ccccc1. The highest BCUT2D eigenvalue weighted by Gasteiger charge is 2.20. The van der Waals surface area contributed by atoms with Crippen LogP contribution in [0.25, 0.3) is 0 Å². The molecule has 0 radical (unpaired) electrons. The first kappa shape index (κ1) is 17.0. The van der Waals surface area contributed by atoms with Crippen LogP contribution in [0.5, 0.6) is 0 Å². The minimum atomic E-state index is -0.636. The Hall–Kier alpha value is -2.39. The van der Waals surface area contributed by atoms with Crippen LogP contribution in [0.2, 0.25) is 0 Å². The quantitative estimate of drug-likeness (QED) is 0.640. The summed E-state index contributed by atoms with van der Waals surface area (Å²) < 4.78 is 4.72. The number of carbonyl (C=O) groups is 1. The molecule has 0 bridgehead atoms. The molecule has 2 atom stereocenters. The van der Waals surface area contributed by atoms with E-state index < -0.39 is 6.10 Å². The van der Waals surface area contributed by atoms with Crippen LogP contribution in [-0.2, 0) is 4.74 Å². The Morgan fingerprint density at radius 3 is 2.30 bits per heavy atom. The molecule has 0 aliphatic heterocycles. The summed E-state index contributed by atoms with van der Waals surface area (Å²) in [4.78, 5) is 11.5. The lowest BCUT2D eigenvalue weighted by Crippen LogP contribution is -2.09. The van der Waals surface area contributed by atoms with E-state index in [1.54, 1.807) is 12.1 Å². The maximum atomic E-state index is 11.5. The van der Waals surface area contributed by atoms with Gasteiger partial charge in [-0.2, -0.15) is 0 Å². The first-order chi connectivity index (χ1) is 11.2. The maximum absolute atomic E-state index is 11.5.